The zero-order valence-electron chi connectivity index (χ0n) is 9.73. The van der Waals surface area contributed by atoms with E-state index in [-0.39, 0.29) is 11.6 Å². The van der Waals surface area contributed by atoms with Gasteiger partial charge >= 0.3 is 0 Å². The molecule has 1 N–H and O–H groups in total. The fraction of sp³-hybridized carbons (Fsp3) is 0.538. The monoisotopic (exact) mass is 227 g/mol. The summed E-state index contributed by atoms with van der Waals surface area (Å²) in [4.78, 5) is 0. The van der Waals surface area contributed by atoms with Crippen molar-refractivity contribution in [2.75, 3.05) is 6.54 Å². The molecule has 0 heterocycles. The molecule has 1 aromatic carbocycles. The molecule has 0 aliphatic rings. The summed E-state index contributed by atoms with van der Waals surface area (Å²) in [5, 5.41) is 3.12. The summed E-state index contributed by atoms with van der Waals surface area (Å²) in [6.07, 6.45) is 4.72. The van der Waals surface area contributed by atoms with Crippen LogP contribution in [0, 0.1) is 11.6 Å². The van der Waals surface area contributed by atoms with Crippen LogP contribution >= 0.6 is 0 Å². The number of nitrogens with one attached hydrogen (secondary N) is 1. The topological polar surface area (TPSA) is 12.0 Å². The molecule has 0 aromatic heterocycles. The first-order valence-electron chi connectivity index (χ1n) is 5.88. The van der Waals surface area contributed by atoms with Crippen molar-refractivity contribution in [1.82, 2.24) is 5.32 Å². The summed E-state index contributed by atoms with van der Waals surface area (Å²) < 4.78 is 26.0. The lowest BCUT2D eigenvalue weighted by Gasteiger charge is -2.05. The highest BCUT2D eigenvalue weighted by molar-refractivity contribution is 5.18. The molecule has 0 atom stereocenters. The van der Waals surface area contributed by atoms with Crippen LogP contribution in [-0.2, 0) is 6.54 Å². The smallest absolute Gasteiger partial charge is 0.127 e. The molecule has 0 spiro atoms. The van der Waals surface area contributed by atoms with Crippen LogP contribution in [-0.4, -0.2) is 6.54 Å². The van der Waals surface area contributed by atoms with Gasteiger partial charge in [-0.05, 0) is 31.2 Å². The summed E-state index contributed by atoms with van der Waals surface area (Å²) in [7, 11) is 0. The Hall–Kier alpha value is -0.960. The number of benzene rings is 1. The second-order valence-corrected chi connectivity index (χ2v) is 3.97. The lowest BCUT2D eigenvalue weighted by atomic mass is 10.2. The predicted molar refractivity (Wildman–Crippen MR) is 62.2 cm³/mol. The van der Waals surface area contributed by atoms with Gasteiger partial charge in [-0.15, -0.1) is 0 Å². The molecule has 0 unspecified atom stereocenters. The van der Waals surface area contributed by atoms with Gasteiger partial charge in [-0.2, -0.15) is 0 Å². The van der Waals surface area contributed by atoms with Gasteiger partial charge in [-0.3, -0.25) is 0 Å². The average molecular weight is 227 g/mol. The third-order valence-corrected chi connectivity index (χ3v) is 2.53. The molecule has 3 heteroatoms. The van der Waals surface area contributed by atoms with Crippen molar-refractivity contribution in [1.29, 1.82) is 0 Å². The van der Waals surface area contributed by atoms with Crippen molar-refractivity contribution in [3.8, 4) is 0 Å². The molecule has 1 rings (SSSR count). The quantitative estimate of drug-likeness (QED) is 0.701. The molecule has 0 amide bonds. The van der Waals surface area contributed by atoms with E-state index in [0.717, 1.165) is 19.0 Å². The van der Waals surface area contributed by atoms with Crippen LogP contribution in [0.4, 0.5) is 8.78 Å². The van der Waals surface area contributed by atoms with Crippen LogP contribution in [0.2, 0.25) is 0 Å². The van der Waals surface area contributed by atoms with Crippen LogP contribution in [0.3, 0.4) is 0 Å². The number of rotatable bonds is 7. The molecule has 0 fully saturated rings. The van der Waals surface area contributed by atoms with Crippen molar-refractivity contribution < 1.29 is 8.78 Å². The Balaban J connectivity index is 2.23. The van der Waals surface area contributed by atoms with Gasteiger partial charge in [0.2, 0.25) is 0 Å². The van der Waals surface area contributed by atoms with Gasteiger partial charge in [-0.25, -0.2) is 8.78 Å². The Labute approximate surface area is 95.9 Å². The van der Waals surface area contributed by atoms with Crippen molar-refractivity contribution in [2.24, 2.45) is 0 Å². The zero-order chi connectivity index (χ0) is 11.8. The highest BCUT2D eigenvalue weighted by Gasteiger charge is 2.02. The Morgan fingerprint density at radius 3 is 2.69 bits per heavy atom. The van der Waals surface area contributed by atoms with Gasteiger partial charge in [0.25, 0.3) is 0 Å². The fourth-order valence-corrected chi connectivity index (χ4v) is 1.58. The minimum Gasteiger partial charge on any atom is -0.313 e. The molecule has 0 bridgehead atoms. The Bertz CT molecular complexity index is 313. The number of halogens is 2. The maximum absolute atomic E-state index is 13.2. The van der Waals surface area contributed by atoms with Gasteiger partial charge in [0.1, 0.15) is 11.6 Å². The molecule has 0 radical (unpaired) electrons. The van der Waals surface area contributed by atoms with Crippen LogP contribution in [0.1, 0.15) is 38.2 Å². The van der Waals surface area contributed by atoms with Crippen LogP contribution in [0.25, 0.3) is 0 Å². The third kappa shape index (κ3) is 4.71. The van der Waals surface area contributed by atoms with E-state index in [0.29, 0.717) is 12.1 Å². The van der Waals surface area contributed by atoms with E-state index < -0.39 is 0 Å². The predicted octanol–water partition coefficient (Wildman–Crippen LogP) is 3.63. The number of hydrogen-bond acceptors (Lipinski definition) is 1. The number of unbranched alkanes of at least 4 members (excludes halogenated alkanes) is 3. The molecule has 16 heavy (non-hydrogen) atoms. The van der Waals surface area contributed by atoms with E-state index in [9.17, 15) is 8.78 Å². The molecule has 0 saturated carbocycles. The molecular weight excluding hydrogens is 208 g/mol. The highest BCUT2D eigenvalue weighted by atomic mass is 19.1. The molecule has 0 saturated heterocycles. The normalized spacial score (nSPS) is 10.7. The van der Waals surface area contributed by atoms with E-state index in [4.69, 9.17) is 0 Å². The minimum absolute atomic E-state index is 0.345. The van der Waals surface area contributed by atoms with Crippen LogP contribution < -0.4 is 5.32 Å². The first-order valence-corrected chi connectivity index (χ1v) is 5.88. The average Bonchev–Trinajstić information content (AvgIpc) is 2.28. The van der Waals surface area contributed by atoms with Crippen molar-refractivity contribution in [2.45, 2.75) is 39.2 Å². The van der Waals surface area contributed by atoms with Gasteiger partial charge in [0.15, 0.2) is 0 Å². The summed E-state index contributed by atoms with van der Waals surface area (Å²) in [5.41, 5.74) is 0.399. The first kappa shape index (κ1) is 13.1. The van der Waals surface area contributed by atoms with Crippen molar-refractivity contribution in [3.63, 3.8) is 0 Å². The molecule has 0 aliphatic heterocycles. The van der Waals surface area contributed by atoms with E-state index >= 15 is 0 Å². The van der Waals surface area contributed by atoms with Crippen molar-refractivity contribution >= 4 is 0 Å². The largest absolute Gasteiger partial charge is 0.313 e. The third-order valence-electron chi connectivity index (χ3n) is 2.53. The summed E-state index contributed by atoms with van der Waals surface area (Å²) in [6, 6.07) is 3.55. The van der Waals surface area contributed by atoms with E-state index in [1.165, 1.54) is 31.4 Å². The maximum atomic E-state index is 13.2. The maximum Gasteiger partial charge on any atom is 0.127 e. The van der Waals surface area contributed by atoms with Crippen molar-refractivity contribution in [3.05, 3.63) is 35.4 Å². The summed E-state index contributed by atoms with van der Waals surface area (Å²) in [5.74, 6) is -0.730. The lowest BCUT2D eigenvalue weighted by Crippen LogP contribution is -2.15. The molecule has 1 aromatic rings. The van der Waals surface area contributed by atoms with E-state index in [1.54, 1.807) is 0 Å². The standard InChI is InChI=1S/C13H19F2N/c1-2-3-4-5-8-16-10-11-9-12(14)6-7-13(11)15/h6-7,9,16H,2-5,8,10H2,1H3. The van der Waals surface area contributed by atoms with E-state index in [1.807, 2.05) is 0 Å². The van der Waals surface area contributed by atoms with Gasteiger partial charge < -0.3 is 5.32 Å². The molecule has 90 valence electrons. The Kier molecular flexibility index (Phi) is 6.01. The molecule has 0 aliphatic carbocycles. The Morgan fingerprint density at radius 2 is 1.94 bits per heavy atom. The van der Waals surface area contributed by atoms with Crippen LogP contribution in [0.15, 0.2) is 18.2 Å². The van der Waals surface area contributed by atoms with E-state index in [2.05, 4.69) is 12.2 Å². The minimum atomic E-state index is -0.385. The number of hydrogen-bond donors (Lipinski definition) is 1. The first-order chi connectivity index (χ1) is 7.74. The summed E-state index contributed by atoms with van der Waals surface area (Å²) >= 11 is 0. The summed E-state index contributed by atoms with van der Waals surface area (Å²) in [6.45, 7) is 3.42. The zero-order valence-corrected chi connectivity index (χ0v) is 9.73. The van der Waals surface area contributed by atoms with Gasteiger partial charge in [0, 0.05) is 12.1 Å². The second kappa shape index (κ2) is 7.34. The highest BCUT2D eigenvalue weighted by Crippen LogP contribution is 2.09. The lowest BCUT2D eigenvalue weighted by molar-refractivity contribution is 0.555. The fourth-order valence-electron chi connectivity index (χ4n) is 1.58. The molecule has 1 nitrogen and oxygen atoms in total. The SMILES string of the molecule is CCCCCCNCc1cc(F)ccc1F. The molecular formula is C13H19F2N. The van der Waals surface area contributed by atoms with Crippen LogP contribution in [0.5, 0.6) is 0 Å². The Morgan fingerprint density at radius 1 is 1.12 bits per heavy atom. The van der Waals surface area contributed by atoms with Gasteiger partial charge in [-0.1, -0.05) is 26.2 Å². The second-order valence-electron chi connectivity index (χ2n) is 3.97. The van der Waals surface area contributed by atoms with Gasteiger partial charge in [0.05, 0.1) is 0 Å².